The summed E-state index contributed by atoms with van der Waals surface area (Å²) < 4.78 is 0. The number of benzene rings is 2. The summed E-state index contributed by atoms with van der Waals surface area (Å²) >= 11 is 5.74. The van der Waals surface area contributed by atoms with Gasteiger partial charge in [-0.05, 0) is 78.5 Å². The van der Waals surface area contributed by atoms with Crippen LogP contribution in [0.25, 0.3) is 10.9 Å². The van der Waals surface area contributed by atoms with Gasteiger partial charge in [-0.15, -0.1) is 0 Å². The van der Waals surface area contributed by atoms with Gasteiger partial charge in [0.2, 0.25) is 0 Å². The molecule has 156 valence electrons. The zero-order valence-electron chi connectivity index (χ0n) is 17.6. The van der Waals surface area contributed by atoms with E-state index in [1.54, 1.807) is 6.20 Å². The van der Waals surface area contributed by atoms with Crippen molar-refractivity contribution in [2.45, 2.75) is 26.9 Å². The maximum atomic E-state index is 12.8. The molecule has 0 saturated heterocycles. The largest absolute Gasteiger partial charge is 0.340 e. The van der Waals surface area contributed by atoms with Gasteiger partial charge in [-0.2, -0.15) is 0 Å². The third-order valence-corrected chi connectivity index (χ3v) is 5.45. The first-order chi connectivity index (χ1) is 15.0. The van der Waals surface area contributed by atoms with Gasteiger partial charge in [0.15, 0.2) is 5.11 Å². The number of thiocarbonyl (C=S) groups is 1. The first-order valence-electron chi connectivity index (χ1n) is 10.1. The molecule has 0 saturated carbocycles. The fraction of sp³-hybridized carbons (Fsp3) is 0.160. The number of rotatable bonds is 5. The minimum absolute atomic E-state index is 0.104. The van der Waals surface area contributed by atoms with Crippen LogP contribution in [-0.4, -0.2) is 20.0 Å². The molecule has 2 N–H and O–H groups in total. The molecule has 0 spiro atoms. The van der Waals surface area contributed by atoms with Gasteiger partial charge in [0.25, 0.3) is 5.56 Å². The number of aromatic amines is 1. The molecule has 0 aliphatic heterocycles. The van der Waals surface area contributed by atoms with Gasteiger partial charge < -0.3 is 15.2 Å². The highest BCUT2D eigenvalue weighted by atomic mass is 32.1. The molecule has 0 radical (unpaired) electrons. The van der Waals surface area contributed by atoms with Crippen LogP contribution < -0.4 is 10.9 Å². The van der Waals surface area contributed by atoms with Gasteiger partial charge in [-0.3, -0.25) is 9.78 Å². The number of aromatic nitrogens is 2. The second kappa shape index (κ2) is 9.10. The van der Waals surface area contributed by atoms with Crippen molar-refractivity contribution in [3.63, 3.8) is 0 Å². The summed E-state index contributed by atoms with van der Waals surface area (Å²) in [6, 6.07) is 19.9. The van der Waals surface area contributed by atoms with Gasteiger partial charge in [-0.25, -0.2) is 0 Å². The number of anilines is 1. The summed E-state index contributed by atoms with van der Waals surface area (Å²) in [5.41, 5.74) is 5.59. The molecule has 31 heavy (non-hydrogen) atoms. The van der Waals surface area contributed by atoms with Crippen LogP contribution in [0.2, 0.25) is 0 Å². The van der Waals surface area contributed by atoms with E-state index in [-0.39, 0.29) is 5.56 Å². The molecule has 4 rings (SSSR count). The Morgan fingerprint density at radius 3 is 2.65 bits per heavy atom. The lowest BCUT2D eigenvalue weighted by Gasteiger charge is -2.26. The molecular formula is C25H24N4OS. The fourth-order valence-corrected chi connectivity index (χ4v) is 3.77. The monoisotopic (exact) mass is 428 g/mol. The minimum atomic E-state index is -0.104. The zero-order chi connectivity index (χ0) is 21.8. The van der Waals surface area contributed by atoms with Crippen molar-refractivity contribution in [1.82, 2.24) is 14.9 Å². The van der Waals surface area contributed by atoms with Crippen LogP contribution >= 0.6 is 12.2 Å². The summed E-state index contributed by atoms with van der Waals surface area (Å²) in [7, 11) is 0. The quantitative estimate of drug-likeness (QED) is 0.441. The second-order valence-corrected chi connectivity index (χ2v) is 8.12. The highest BCUT2D eigenvalue weighted by Gasteiger charge is 2.15. The van der Waals surface area contributed by atoms with Crippen LogP contribution in [0.1, 0.15) is 22.3 Å². The van der Waals surface area contributed by atoms with Crippen LogP contribution in [0.15, 0.2) is 77.9 Å². The van der Waals surface area contributed by atoms with Crippen molar-refractivity contribution in [2.24, 2.45) is 0 Å². The molecule has 0 aliphatic carbocycles. The maximum Gasteiger partial charge on any atom is 0.253 e. The summed E-state index contributed by atoms with van der Waals surface area (Å²) in [5, 5.41) is 4.86. The van der Waals surface area contributed by atoms with E-state index in [0.29, 0.717) is 23.8 Å². The average molecular weight is 429 g/mol. The van der Waals surface area contributed by atoms with Gasteiger partial charge >= 0.3 is 0 Å². The second-order valence-electron chi connectivity index (χ2n) is 7.73. The number of H-pyrrole nitrogens is 1. The molecular weight excluding hydrogens is 404 g/mol. The molecule has 0 aliphatic rings. The molecule has 6 heteroatoms. The fourth-order valence-electron chi connectivity index (χ4n) is 3.52. The standard InChI is InChI=1S/C25H24N4OS/c1-17-5-3-7-22(11-17)27-25(31)29(15-19-6-4-10-26-14-19)16-21-13-20-9-8-18(2)12-23(20)28-24(21)30/h3-14H,15-16H2,1-2H3,(H,27,31)(H,28,30). The molecule has 2 aromatic carbocycles. The summed E-state index contributed by atoms with van der Waals surface area (Å²) in [4.78, 5) is 22.0. The molecule has 0 amide bonds. The molecule has 0 atom stereocenters. The Morgan fingerprint density at radius 2 is 1.87 bits per heavy atom. The summed E-state index contributed by atoms with van der Waals surface area (Å²) in [6.07, 6.45) is 3.56. The zero-order valence-corrected chi connectivity index (χ0v) is 18.4. The van der Waals surface area contributed by atoms with Gasteiger partial charge in [0, 0.05) is 35.7 Å². The molecule has 0 bridgehead atoms. The maximum absolute atomic E-state index is 12.8. The topological polar surface area (TPSA) is 61.0 Å². The Kier molecular flexibility index (Phi) is 6.09. The predicted octanol–water partition coefficient (Wildman–Crippen LogP) is 4.94. The van der Waals surface area contributed by atoms with Crippen LogP contribution in [0.5, 0.6) is 0 Å². The molecule has 2 heterocycles. The van der Waals surface area contributed by atoms with Gasteiger partial charge in [0.05, 0.1) is 6.54 Å². The van der Waals surface area contributed by atoms with E-state index in [1.807, 2.05) is 85.6 Å². The Balaban J connectivity index is 1.64. The minimum Gasteiger partial charge on any atom is -0.340 e. The highest BCUT2D eigenvalue weighted by molar-refractivity contribution is 7.80. The van der Waals surface area contributed by atoms with Crippen molar-refractivity contribution >= 4 is 33.9 Å². The number of hydrogen-bond acceptors (Lipinski definition) is 3. The smallest absolute Gasteiger partial charge is 0.253 e. The van der Waals surface area contributed by atoms with E-state index in [0.717, 1.165) is 33.3 Å². The molecule has 5 nitrogen and oxygen atoms in total. The third-order valence-electron chi connectivity index (χ3n) is 5.09. The lowest BCUT2D eigenvalue weighted by atomic mass is 10.1. The van der Waals surface area contributed by atoms with E-state index >= 15 is 0 Å². The van der Waals surface area contributed by atoms with E-state index in [1.165, 1.54) is 0 Å². The first kappa shape index (κ1) is 20.8. The van der Waals surface area contributed by atoms with Gasteiger partial charge in [-0.1, -0.05) is 30.3 Å². The number of hydrogen-bond donors (Lipinski definition) is 2. The number of pyridine rings is 2. The van der Waals surface area contributed by atoms with E-state index in [2.05, 4.69) is 15.3 Å². The van der Waals surface area contributed by atoms with E-state index in [9.17, 15) is 4.79 Å². The Labute approximate surface area is 186 Å². The van der Waals surface area contributed by atoms with Crippen LogP contribution in [-0.2, 0) is 13.1 Å². The number of aryl methyl sites for hydroxylation is 2. The first-order valence-corrected chi connectivity index (χ1v) is 10.5. The van der Waals surface area contributed by atoms with Crippen molar-refractivity contribution < 1.29 is 0 Å². The average Bonchev–Trinajstić information content (AvgIpc) is 2.74. The number of nitrogens with zero attached hydrogens (tertiary/aromatic N) is 2. The van der Waals surface area contributed by atoms with Crippen LogP contribution in [0.4, 0.5) is 5.69 Å². The lowest BCUT2D eigenvalue weighted by molar-refractivity contribution is 0.410. The van der Waals surface area contributed by atoms with Crippen molar-refractivity contribution in [1.29, 1.82) is 0 Å². The van der Waals surface area contributed by atoms with E-state index in [4.69, 9.17) is 12.2 Å². The molecule has 0 fully saturated rings. The normalized spacial score (nSPS) is 10.8. The predicted molar refractivity (Wildman–Crippen MR) is 130 cm³/mol. The van der Waals surface area contributed by atoms with Crippen molar-refractivity contribution in [3.05, 3.63) is 106 Å². The van der Waals surface area contributed by atoms with Crippen molar-refractivity contribution in [3.8, 4) is 0 Å². The third kappa shape index (κ3) is 5.16. The van der Waals surface area contributed by atoms with E-state index < -0.39 is 0 Å². The summed E-state index contributed by atoms with van der Waals surface area (Å²) in [5.74, 6) is 0. The molecule has 2 aromatic heterocycles. The molecule has 4 aromatic rings. The molecule has 0 unspecified atom stereocenters. The van der Waals surface area contributed by atoms with Crippen molar-refractivity contribution in [2.75, 3.05) is 5.32 Å². The van der Waals surface area contributed by atoms with Crippen LogP contribution in [0.3, 0.4) is 0 Å². The highest BCUT2D eigenvalue weighted by Crippen LogP contribution is 2.17. The van der Waals surface area contributed by atoms with Gasteiger partial charge in [0.1, 0.15) is 0 Å². The number of fused-ring (bicyclic) bond motifs is 1. The Bertz CT molecular complexity index is 1280. The summed E-state index contributed by atoms with van der Waals surface area (Å²) in [6.45, 7) is 4.97. The Hall–Kier alpha value is -3.51. The lowest BCUT2D eigenvalue weighted by Crippen LogP contribution is -2.35. The number of nitrogens with one attached hydrogen (secondary N) is 2. The van der Waals surface area contributed by atoms with Crippen LogP contribution in [0, 0.1) is 13.8 Å². The SMILES string of the molecule is Cc1cccc(NC(=S)N(Cc2cccnc2)Cc2cc3ccc(C)cc3[nH]c2=O)c1. The Morgan fingerprint density at radius 1 is 1.03 bits per heavy atom.